The van der Waals surface area contributed by atoms with Gasteiger partial charge in [-0.25, -0.2) is 4.98 Å². The topological polar surface area (TPSA) is 42.2 Å². The van der Waals surface area contributed by atoms with Crippen molar-refractivity contribution in [3.8, 4) is 0 Å². The number of nitrogens with two attached hydrogens (primary N) is 1. The van der Waals surface area contributed by atoms with Crippen molar-refractivity contribution < 1.29 is 0 Å². The molecule has 0 aliphatic carbocycles. The zero-order valence-electron chi connectivity index (χ0n) is 11.0. The molecule has 0 bridgehead atoms. The molecule has 0 saturated carbocycles. The second-order valence-electron chi connectivity index (χ2n) is 5.34. The summed E-state index contributed by atoms with van der Waals surface area (Å²) >= 11 is 1.72. The van der Waals surface area contributed by atoms with Crippen molar-refractivity contribution in [3.05, 3.63) is 10.6 Å². The quantitative estimate of drug-likeness (QED) is 0.881. The lowest BCUT2D eigenvalue weighted by molar-refractivity contribution is 0.418. The lowest BCUT2D eigenvalue weighted by Gasteiger charge is -2.26. The molecule has 1 aromatic rings. The first-order valence-corrected chi connectivity index (χ1v) is 6.59. The minimum absolute atomic E-state index is 0.287. The average molecular weight is 241 g/mol. The van der Waals surface area contributed by atoms with Crippen LogP contribution in [0.5, 0.6) is 0 Å². The highest BCUT2D eigenvalue weighted by atomic mass is 32.1. The van der Waals surface area contributed by atoms with Crippen LogP contribution in [-0.2, 0) is 13.0 Å². The summed E-state index contributed by atoms with van der Waals surface area (Å²) in [6, 6.07) is 0. The van der Waals surface area contributed by atoms with Crippen LogP contribution in [0.3, 0.4) is 0 Å². The number of rotatable bonds is 4. The molecular weight excluding hydrogens is 218 g/mol. The van der Waals surface area contributed by atoms with Crippen LogP contribution in [0.25, 0.3) is 0 Å². The van der Waals surface area contributed by atoms with Crippen molar-refractivity contribution in [1.29, 1.82) is 0 Å². The number of aryl methyl sites for hydroxylation is 1. The Labute approximate surface area is 103 Å². The van der Waals surface area contributed by atoms with Crippen LogP contribution < -0.4 is 10.6 Å². The van der Waals surface area contributed by atoms with E-state index in [1.807, 2.05) is 0 Å². The van der Waals surface area contributed by atoms with E-state index >= 15 is 0 Å². The predicted molar refractivity (Wildman–Crippen MR) is 72.1 cm³/mol. The van der Waals surface area contributed by atoms with E-state index in [4.69, 9.17) is 5.73 Å². The molecule has 2 N–H and O–H groups in total. The summed E-state index contributed by atoms with van der Waals surface area (Å²) in [4.78, 5) is 8.09. The monoisotopic (exact) mass is 241 g/mol. The number of hydrogen-bond donors (Lipinski definition) is 1. The highest BCUT2D eigenvalue weighted by Crippen LogP contribution is 2.27. The van der Waals surface area contributed by atoms with E-state index in [1.165, 1.54) is 4.88 Å². The number of nitrogens with zero attached hydrogens (tertiary/aromatic N) is 2. The Balaban J connectivity index is 2.83. The van der Waals surface area contributed by atoms with Gasteiger partial charge < -0.3 is 10.6 Å². The second-order valence-corrected chi connectivity index (χ2v) is 6.40. The van der Waals surface area contributed by atoms with Gasteiger partial charge in [0.05, 0.1) is 5.69 Å². The van der Waals surface area contributed by atoms with Gasteiger partial charge in [0.2, 0.25) is 0 Å². The van der Waals surface area contributed by atoms with Gasteiger partial charge in [0.1, 0.15) is 0 Å². The molecule has 0 saturated heterocycles. The molecule has 4 heteroatoms. The van der Waals surface area contributed by atoms with E-state index < -0.39 is 0 Å². The van der Waals surface area contributed by atoms with Crippen molar-refractivity contribution in [1.82, 2.24) is 4.98 Å². The summed E-state index contributed by atoms with van der Waals surface area (Å²) in [6.45, 7) is 10.4. The van der Waals surface area contributed by atoms with Crippen LogP contribution in [0.1, 0.15) is 38.3 Å². The molecule has 16 heavy (non-hydrogen) atoms. The molecule has 0 aliphatic rings. The van der Waals surface area contributed by atoms with E-state index in [1.54, 1.807) is 11.3 Å². The van der Waals surface area contributed by atoms with E-state index in [0.29, 0.717) is 6.54 Å². The van der Waals surface area contributed by atoms with Gasteiger partial charge in [0, 0.05) is 25.0 Å². The molecular formula is C12H23N3S. The number of anilines is 1. The Morgan fingerprint density at radius 3 is 2.38 bits per heavy atom. The van der Waals surface area contributed by atoms with E-state index in [2.05, 4.69) is 44.6 Å². The highest BCUT2D eigenvalue weighted by molar-refractivity contribution is 7.15. The van der Waals surface area contributed by atoms with E-state index in [-0.39, 0.29) is 5.41 Å². The van der Waals surface area contributed by atoms with Crippen molar-refractivity contribution in [2.45, 2.75) is 40.7 Å². The largest absolute Gasteiger partial charge is 0.351 e. The van der Waals surface area contributed by atoms with Gasteiger partial charge in [-0.15, -0.1) is 11.3 Å². The zero-order valence-corrected chi connectivity index (χ0v) is 11.8. The third-order valence-electron chi connectivity index (χ3n) is 2.33. The summed E-state index contributed by atoms with van der Waals surface area (Å²) in [7, 11) is 2.10. The van der Waals surface area contributed by atoms with Crippen molar-refractivity contribution >= 4 is 16.5 Å². The molecule has 0 unspecified atom stereocenters. The maximum Gasteiger partial charge on any atom is 0.185 e. The third-order valence-corrected chi connectivity index (χ3v) is 3.56. The standard InChI is InChI=1S/C12H23N3S/c1-6-9-10(7-13)16-11(14-9)15(5)8-12(2,3)4/h6-8,13H2,1-5H3. The molecule has 0 fully saturated rings. The van der Waals surface area contributed by atoms with Gasteiger partial charge in [-0.2, -0.15) is 0 Å². The fraction of sp³-hybridized carbons (Fsp3) is 0.750. The van der Waals surface area contributed by atoms with Gasteiger partial charge in [-0.3, -0.25) is 0 Å². The van der Waals surface area contributed by atoms with Gasteiger partial charge in [-0.05, 0) is 11.8 Å². The third kappa shape index (κ3) is 3.46. The highest BCUT2D eigenvalue weighted by Gasteiger charge is 2.17. The second kappa shape index (κ2) is 5.15. The summed E-state index contributed by atoms with van der Waals surface area (Å²) in [5, 5.41) is 1.09. The summed E-state index contributed by atoms with van der Waals surface area (Å²) in [5.74, 6) is 0. The fourth-order valence-electron chi connectivity index (χ4n) is 1.75. The van der Waals surface area contributed by atoms with E-state index in [9.17, 15) is 0 Å². The van der Waals surface area contributed by atoms with Gasteiger partial charge in [0.25, 0.3) is 0 Å². The Bertz CT molecular complexity index is 317. The maximum absolute atomic E-state index is 5.72. The molecule has 1 aromatic heterocycles. The zero-order chi connectivity index (χ0) is 12.3. The van der Waals surface area contributed by atoms with Crippen LogP contribution in [0.4, 0.5) is 5.13 Å². The Kier molecular flexibility index (Phi) is 4.33. The molecule has 0 amide bonds. The number of thiazole rings is 1. The van der Waals surface area contributed by atoms with Crippen molar-refractivity contribution in [2.75, 3.05) is 18.5 Å². The van der Waals surface area contributed by atoms with Crippen molar-refractivity contribution in [3.63, 3.8) is 0 Å². The van der Waals surface area contributed by atoms with Crippen LogP contribution in [0.15, 0.2) is 0 Å². The number of aromatic nitrogens is 1. The first kappa shape index (κ1) is 13.5. The van der Waals surface area contributed by atoms with Crippen LogP contribution in [-0.4, -0.2) is 18.6 Å². The van der Waals surface area contributed by atoms with E-state index in [0.717, 1.165) is 23.8 Å². The van der Waals surface area contributed by atoms with Crippen molar-refractivity contribution in [2.24, 2.45) is 11.1 Å². The molecule has 3 nitrogen and oxygen atoms in total. The minimum atomic E-state index is 0.287. The molecule has 0 spiro atoms. The van der Waals surface area contributed by atoms with Gasteiger partial charge in [0.15, 0.2) is 5.13 Å². The molecule has 0 radical (unpaired) electrons. The maximum atomic E-state index is 5.72. The molecule has 0 aliphatic heterocycles. The molecule has 0 atom stereocenters. The van der Waals surface area contributed by atoms with Gasteiger partial charge >= 0.3 is 0 Å². The van der Waals surface area contributed by atoms with Crippen LogP contribution in [0, 0.1) is 5.41 Å². The lowest BCUT2D eigenvalue weighted by Crippen LogP contribution is -2.28. The van der Waals surface area contributed by atoms with Crippen LogP contribution in [0.2, 0.25) is 0 Å². The SMILES string of the molecule is CCc1nc(N(C)CC(C)(C)C)sc1CN. The Hall–Kier alpha value is -0.610. The summed E-state index contributed by atoms with van der Waals surface area (Å²) in [5.41, 5.74) is 7.16. The van der Waals surface area contributed by atoms with Crippen LogP contribution >= 0.6 is 11.3 Å². The van der Waals surface area contributed by atoms with Gasteiger partial charge in [-0.1, -0.05) is 27.7 Å². The molecule has 92 valence electrons. The number of hydrogen-bond acceptors (Lipinski definition) is 4. The lowest BCUT2D eigenvalue weighted by atomic mass is 9.96. The smallest absolute Gasteiger partial charge is 0.185 e. The first-order chi connectivity index (χ1) is 7.37. The summed E-state index contributed by atoms with van der Waals surface area (Å²) < 4.78 is 0. The first-order valence-electron chi connectivity index (χ1n) is 5.77. The Morgan fingerprint density at radius 2 is 2.00 bits per heavy atom. The molecule has 1 heterocycles. The predicted octanol–water partition coefficient (Wildman–Crippen LogP) is 2.65. The average Bonchev–Trinajstić information content (AvgIpc) is 2.57. The molecule has 0 aromatic carbocycles. The normalized spacial score (nSPS) is 11.9. The minimum Gasteiger partial charge on any atom is -0.351 e. The molecule has 1 rings (SSSR count). The summed E-state index contributed by atoms with van der Waals surface area (Å²) in [6.07, 6.45) is 0.965. The Morgan fingerprint density at radius 1 is 1.38 bits per heavy atom. The fourth-order valence-corrected chi connectivity index (χ4v) is 2.74.